The fourth-order valence-corrected chi connectivity index (χ4v) is 5.68. The number of anilines is 2. The van der Waals surface area contributed by atoms with E-state index < -0.39 is 15.9 Å². The second-order valence-electron chi connectivity index (χ2n) is 7.04. The van der Waals surface area contributed by atoms with Gasteiger partial charge in [-0.3, -0.25) is 10.1 Å². The fraction of sp³-hybridized carbons (Fsp3) is 0.250. The van der Waals surface area contributed by atoms with Crippen LogP contribution in [0.15, 0.2) is 52.9 Å². The van der Waals surface area contributed by atoms with E-state index in [4.69, 9.17) is 0 Å². The van der Waals surface area contributed by atoms with Gasteiger partial charge >= 0.3 is 0 Å². The summed E-state index contributed by atoms with van der Waals surface area (Å²) < 4.78 is 41.0. The van der Waals surface area contributed by atoms with Crippen LogP contribution >= 0.6 is 11.3 Å². The second-order valence-corrected chi connectivity index (χ2v) is 10.1. The lowest BCUT2D eigenvalue weighted by Crippen LogP contribution is -2.48. The lowest BCUT2D eigenvalue weighted by molar-refractivity contribution is 0.102. The number of carbonyl (C=O) groups is 1. The Labute approximate surface area is 183 Å². The van der Waals surface area contributed by atoms with Crippen molar-refractivity contribution in [2.75, 3.05) is 36.4 Å². The van der Waals surface area contributed by atoms with Gasteiger partial charge in [0.2, 0.25) is 9.47 Å². The van der Waals surface area contributed by atoms with Crippen LogP contribution in [0.2, 0.25) is 0 Å². The van der Waals surface area contributed by atoms with Gasteiger partial charge in [-0.15, -0.1) is 10.2 Å². The first-order valence-electron chi connectivity index (χ1n) is 9.56. The average Bonchev–Trinajstić information content (AvgIpc) is 3.24. The molecule has 0 saturated carbocycles. The maximum atomic E-state index is 14.0. The zero-order valence-corrected chi connectivity index (χ0v) is 18.3. The molecule has 1 fully saturated rings. The molecule has 11 heteroatoms. The van der Waals surface area contributed by atoms with Gasteiger partial charge in [-0.25, -0.2) is 12.8 Å². The number of aromatic nitrogens is 2. The number of halogens is 1. The van der Waals surface area contributed by atoms with Crippen molar-refractivity contribution in [1.29, 1.82) is 0 Å². The predicted octanol–water partition coefficient (Wildman–Crippen LogP) is 2.75. The number of para-hydroxylation sites is 1. The molecular weight excluding hydrogens is 441 g/mol. The highest BCUT2D eigenvalue weighted by molar-refractivity contribution is 7.91. The SMILES string of the molecule is Cc1ccc(C(=O)Nc2nnc(S(=O)(=O)N3CCN(c4ccccc4F)CC3)s2)cc1. The molecule has 1 aromatic heterocycles. The third-order valence-corrected chi connectivity index (χ3v) is 8.02. The van der Waals surface area contributed by atoms with E-state index in [1.165, 1.54) is 10.4 Å². The summed E-state index contributed by atoms with van der Waals surface area (Å²) in [4.78, 5) is 14.1. The number of nitrogens with zero attached hydrogens (tertiary/aromatic N) is 4. The zero-order chi connectivity index (χ0) is 22.0. The Balaban J connectivity index is 1.42. The Morgan fingerprint density at radius 2 is 1.71 bits per heavy atom. The van der Waals surface area contributed by atoms with Crippen LogP contribution in [0.4, 0.5) is 15.2 Å². The molecule has 1 N–H and O–H groups in total. The number of hydrogen-bond acceptors (Lipinski definition) is 7. The van der Waals surface area contributed by atoms with Crippen molar-refractivity contribution >= 4 is 38.1 Å². The number of aryl methyl sites for hydroxylation is 1. The number of amides is 1. The number of nitrogens with one attached hydrogen (secondary N) is 1. The van der Waals surface area contributed by atoms with Crippen molar-refractivity contribution in [2.24, 2.45) is 0 Å². The van der Waals surface area contributed by atoms with Crippen molar-refractivity contribution in [2.45, 2.75) is 11.3 Å². The number of carbonyl (C=O) groups excluding carboxylic acids is 1. The third kappa shape index (κ3) is 4.58. The van der Waals surface area contributed by atoms with Gasteiger partial charge in [-0.1, -0.05) is 41.2 Å². The molecule has 31 heavy (non-hydrogen) atoms. The van der Waals surface area contributed by atoms with Crippen LogP contribution in [0.5, 0.6) is 0 Å². The summed E-state index contributed by atoms with van der Waals surface area (Å²) in [6, 6.07) is 13.4. The first-order valence-corrected chi connectivity index (χ1v) is 11.8. The van der Waals surface area contributed by atoms with E-state index in [1.54, 1.807) is 30.3 Å². The molecule has 1 aliphatic rings. The van der Waals surface area contributed by atoms with E-state index in [2.05, 4.69) is 15.5 Å². The first kappa shape index (κ1) is 21.3. The average molecular weight is 462 g/mol. The Hall–Kier alpha value is -2.89. The molecule has 0 atom stereocenters. The molecule has 1 amide bonds. The van der Waals surface area contributed by atoms with E-state index in [0.717, 1.165) is 16.9 Å². The monoisotopic (exact) mass is 461 g/mol. The molecule has 1 saturated heterocycles. The highest BCUT2D eigenvalue weighted by Gasteiger charge is 2.32. The van der Waals surface area contributed by atoms with E-state index in [0.29, 0.717) is 24.3 Å². The van der Waals surface area contributed by atoms with Gasteiger partial charge in [0.25, 0.3) is 15.9 Å². The van der Waals surface area contributed by atoms with E-state index >= 15 is 0 Å². The maximum Gasteiger partial charge on any atom is 0.272 e. The van der Waals surface area contributed by atoms with Crippen LogP contribution in [0.3, 0.4) is 0 Å². The summed E-state index contributed by atoms with van der Waals surface area (Å²) in [5.74, 6) is -0.726. The molecule has 0 bridgehead atoms. The molecule has 4 rings (SSSR count). The van der Waals surface area contributed by atoms with Gasteiger partial charge in [0, 0.05) is 31.7 Å². The highest BCUT2D eigenvalue weighted by atomic mass is 32.2. The minimum Gasteiger partial charge on any atom is -0.367 e. The van der Waals surface area contributed by atoms with Gasteiger partial charge in [0.15, 0.2) is 0 Å². The minimum atomic E-state index is -3.86. The quantitative estimate of drug-likeness (QED) is 0.587. The van der Waals surface area contributed by atoms with Gasteiger partial charge in [-0.05, 0) is 31.2 Å². The summed E-state index contributed by atoms with van der Waals surface area (Å²) in [6.07, 6.45) is 0. The fourth-order valence-electron chi connectivity index (χ4n) is 3.23. The number of sulfonamides is 1. The molecule has 2 aromatic carbocycles. The van der Waals surface area contributed by atoms with Gasteiger partial charge in [0.1, 0.15) is 5.82 Å². The second kappa shape index (κ2) is 8.69. The molecule has 8 nitrogen and oxygen atoms in total. The molecule has 162 valence electrons. The van der Waals surface area contributed by atoms with Gasteiger partial charge in [-0.2, -0.15) is 4.31 Å². The van der Waals surface area contributed by atoms with Crippen LogP contribution < -0.4 is 10.2 Å². The first-order chi connectivity index (χ1) is 14.8. The number of piperazine rings is 1. The summed E-state index contributed by atoms with van der Waals surface area (Å²) in [7, 11) is -3.86. The largest absolute Gasteiger partial charge is 0.367 e. The topological polar surface area (TPSA) is 95.5 Å². The lowest BCUT2D eigenvalue weighted by Gasteiger charge is -2.34. The standard InChI is InChI=1S/C20H20FN5O3S2/c1-14-6-8-15(9-7-14)18(27)22-19-23-24-20(30-19)31(28,29)26-12-10-25(11-13-26)17-5-3-2-4-16(17)21/h2-9H,10-13H2,1H3,(H,22,23,27). The maximum absolute atomic E-state index is 14.0. The molecular formula is C20H20FN5O3S2. The van der Waals surface area contributed by atoms with Crippen molar-refractivity contribution in [3.05, 3.63) is 65.5 Å². The molecule has 0 unspecified atom stereocenters. The molecule has 0 aliphatic carbocycles. The Morgan fingerprint density at radius 1 is 1.03 bits per heavy atom. The van der Waals surface area contributed by atoms with Crippen LogP contribution in [0, 0.1) is 12.7 Å². The Bertz CT molecular complexity index is 1190. The van der Waals surface area contributed by atoms with Crippen molar-refractivity contribution in [3.8, 4) is 0 Å². The summed E-state index contributed by atoms with van der Waals surface area (Å²) >= 11 is 0.802. The Kier molecular flexibility index (Phi) is 5.99. The van der Waals surface area contributed by atoms with E-state index in [-0.39, 0.29) is 28.4 Å². The van der Waals surface area contributed by atoms with Gasteiger partial charge in [0.05, 0.1) is 5.69 Å². The number of hydrogen-bond donors (Lipinski definition) is 1. The normalized spacial score (nSPS) is 15.1. The Morgan fingerprint density at radius 3 is 2.39 bits per heavy atom. The lowest BCUT2D eigenvalue weighted by atomic mass is 10.1. The molecule has 3 aromatic rings. The summed E-state index contributed by atoms with van der Waals surface area (Å²) in [6.45, 7) is 3.02. The molecule has 2 heterocycles. The van der Waals surface area contributed by atoms with Crippen molar-refractivity contribution in [3.63, 3.8) is 0 Å². The van der Waals surface area contributed by atoms with Crippen LogP contribution in [0.25, 0.3) is 0 Å². The van der Waals surface area contributed by atoms with E-state index in [1.807, 2.05) is 24.0 Å². The smallest absolute Gasteiger partial charge is 0.272 e. The third-order valence-electron chi connectivity index (χ3n) is 4.93. The minimum absolute atomic E-state index is 0.106. The number of benzene rings is 2. The highest BCUT2D eigenvalue weighted by Crippen LogP contribution is 2.26. The molecule has 1 aliphatic heterocycles. The molecule has 0 spiro atoms. The summed E-state index contributed by atoms with van der Waals surface area (Å²) in [5.41, 5.74) is 1.92. The number of rotatable bonds is 5. The zero-order valence-electron chi connectivity index (χ0n) is 16.7. The summed E-state index contributed by atoms with van der Waals surface area (Å²) in [5, 5.41) is 10.3. The van der Waals surface area contributed by atoms with Crippen LogP contribution in [-0.4, -0.2) is 55.0 Å². The van der Waals surface area contributed by atoms with Crippen molar-refractivity contribution < 1.29 is 17.6 Å². The molecule has 0 radical (unpaired) electrons. The van der Waals surface area contributed by atoms with E-state index in [9.17, 15) is 17.6 Å². The predicted molar refractivity (Wildman–Crippen MR) is 116 cm³/mol. The van der Waals surface area contributed by atoms with Gasteiger partial charge < -0.3 is 4.90 Å². The van der Waals surface area contributed by atoms with Crippen molar-refractivity contribution in [1.82, 2.24) is 14.5 Å². The van der Waals surface area contributed by atoms with Crippen LogP contribution in [-0.2, 0) is 10.0 Å². The van der Waals surface area contributed by atoms with Crippen LogP contribution in [0.1, 0.15) is 15.9 Å².